The van der Waals surface area contributed by atoms with Gasteiger partial charge in [-0.25, -0.2) is 4.98 Å². The van der Waals surface area contributed by atoms with E-state index in [4.69, 9.17) is 5.73 Å². The summed E-state index contributed by atoms with van der Waals surface area (Å²) in [5.74, 6) is 0. The molecule has 1 aromatic heterocycles. The normalized spacial score (nSPS) is 12.7. The molecule has 0 spiro atoms. The summed E-state index contributed by atoms with van der Waals surface area (Å²) in [6.07, 6.45) is 3.72. The van der Waals surface area contributed by atoms with E-state index in [0.29, 0.717) is 0 Å². The molecular weight excluding hydrogens is 186 g/mol. The Kier molecular flexibility index (Phi) is 2.56. The predicted octanol–water partition coefficient (Wildman–Crippen LogP) is 1.78. The first-order chi connectivity index (χ1) is 7.16. The summed E-state index contributed by atoms with van der Waals surface area (Å²) in [4.78, 5) is 4.25. The van der Waals surface area contributed by atoms with Crippen LogP contribution in [0.5, 0.6) is 0 Å². The quantitative estimate of drug-likeness (QED) is 0.804. The number of hydrogen-bond acceptors (Lipinski definition) is 2. The number of nitrogens with two attached hydrogens (primary N) is 1. The zero-order valence-corrected chi connectivity index (χ0v) is 9.01. The van der Waals surface area contributed by atoms with Crippen molar-refractivity contribution in [2.24, 2.45) is 12.8 Å². The van der Waals surface area contributed by atoms with Gasteiger partial charge < -0.3 is 10.3 Å². The van der Waals surface area contributed by atoms with Crippen molar-refractivity contribution >= 4 is 0 Å². The van der Waals surface area contributed by atoms with Crippen molar-refractivity contribution in [2.45, 2.75) is 13.0 Å². The molecule has 2 rings (SSSR count). The van der Waals surface area contributed by atoms with Crippen LogP contribution in [0, 0.1) is 6.92 Å². The molecule has 0 fully saturated rings. The van der Waals surface area contributed by atoms with Crippen LogP contribution in [0.4, 0.5) is 0 Å². The molecule has 0 saturated heterocycles. The molecule has 1 heterocycles. The highest BCUT2D eigenvalue weighted by Gasteiger charge is 2.10. The van der Waals surface area contributed by atoms with Crippen LogP contribution in [0.25, 0.3) is 0 Å². The van der Waals surface area contributed by atoms with Crippen LogP contribution in [0.2, 0.25) is 0 Å². The standard InChI is InChI=1S/C12H15N3/c1-9-3-5-10(6-4-9)12(13)11-7-15(2)8-14-11/h3-8,12H,13H2,1-2H3. The summed E-state index contributed by atoms with van der Waals surface area (Å²) in [6.45, 7) is 2.07. The van der Waals surface area contributed by atoms with Gasteiger partial charge in [0.15, 0.2) is 0 Å². The molecule has 2 N–H and O–H groups in total. The Morgan fingerprint density at radius 3 is 2.47 bits per heavy atom. The van der Waals surface area contributed by atoms with Gasteiger partial charge in [-0.15, -0.1) is 0 Å². The largest absolute Gasteiger partial charge is 0.340 e. The van der Waals surface area contributed by atoms with Gasteiger partial charge in [0.2, 0.25) is 0 Å². The first kappa shape index (κ1) is 9.93. The number of benzene rings is 1. The number of imidazole rings is 1. The topological polar surface area (TPSA) is 43.8 Å². The van der Waals surface area contributed by atoms with Crippen LogP contribution in [0.15, 0.2) is 36.8 Å². The van der Waals surface area contributed by atoms with Crippen LogP contribution >= 0.6 is 0 Å². The number of rotatable bonds is 2. The van der Waals surface area contributed by atoms with E-state index in [1.165, 1.54) is 5.56 Å². The molecule has 0 bridgehead atoms. The van der Waals surface area contributed by atoms with Crippen LogP contribution in [-0.4, -0.2) is 9.55 Å². The van der Waals surface area contributed by atoms with Gasteiger partial charge in [0.1, 0.15) is 0 Å². The molecule has 0 aliphatic rings. The Morgan fingerprint density at radius 2 is 1.93 bits per heavy atom. The first-order valence-electron chi connectivity index (χ1n) is 4.97. The predicted molar refractivity (Wildman–Crippen MR) is 60.4 cm³/mol. The molecule has 15 heavy (non-hydrogen) atoms. The van der Waals surface area contributed by atoms with E-state index in [2.05, 4.69) is 36.2 Å². The van der Waals surface area contributed by atoms with Gasteiger partial charge in [-0.05, 0) is 12.5 Å². The lowest BCUT2D eigenvalue weighted by atomic mass is 10.0. The summed E-state index contributed by atoms with van der Waals surface area (Å²) in [7, 11) is 1.94. The van der Waals surface area contributed by atoms with Crippen molar-refractivity contribution in [3.8, 4) is 0 Å². The average molecular weight is 201 g/mol. The first-order valence-corrected chi connectivity index (χ1v) is 4.97. The number of hydrogen-bond donors (Lipinski definition) is 1. The molecule has 0 aliphatic heterocycles. The minimum Gasteiger partial charge on any atom is -0.340 e. The van der Waals surface area contributed by atoms with Crippen LogP contribution in [0.3, 0.4) is 0 Å². The molecule has 78 valence electrons. The van der Waals surface area contributed by atoms with Gasteiger partial charge >= 0.3 is 0 Å². The van der Waals surface area contributed by atoms with E-state index in [1.54, 1.807) is 6.33 Å². The molecular formula is C12H15N3. The summed E-state index contributed by atoms with van der Waals surface area (Å²) < 4.78 is 1.91. The molecule has 1 atom stereocenters. The Balaban J connectivity index is 2.28. The molecule has 1 aromatic carbocycles. The third kappa shape index (κ3) is 2.07. The third-order valence-electron chi connectivity index (χ3n) is 2.48. The summed E-state index contributed by atoms with van der Waals surface area (Å²) >= 11 is 0. The zero-order chi connectivity index (χ0) is 10.8. The van der Waals surface area contributed by atoms with E-state index in [9.17, 15) is 0 Å². The highest BCUT2D eigenvalue weighted by atomic mass is 15.0. The lowest BCUT2D eigenvalue weighted by Gasteiger charge is -2.09. The average Bonchev–Trinajstić information content (AvgIpc) is 2.65. The Bertz CT molecular complexity index is 442. The van der Waals surface area contributed by atoms with Crippen molar-refractivity contribution < 1.29 is 0 Å². The van der Waals surface area contributed by atoms with E-state index in [-0.39, 0.29) is 6.04 Å². The molecule has 1 unspecified atom stereocenters. The number of aromatic nitrogens is 2. The smallest absolute Gasteiger partial charge is 0.0947 e. The number of nitrogens with zero attached hydrogens (tertiary/aromatic N) is 2. The second-order valence-corrected chi connectivity index (χ2v) is 3.85. The molecule has 3 heteroatoms. The minimum absolute atomic E-state index is 0.133. The van der Waals surface area contributed by atoms with Gasteiger partial charge in [0.05, 0.1) is 18.1 Å². The van der Waals surface area contributed by atoms with E-state index in [0.717, 1.165) is 11.3 Å². The van der Waals surface area contributed by atoms with Gasteiger partial charge in [0, 0.05) is 13.2 Å². The van der Waals surface area contributed by atoms with Crippen molar-refractivity contribution in [1.82, 2.24) is 9.55 Å². The number of aryl methyl sites for hydroxylation is 2. The van der Waals surface area contributed by atoms with Crippen molar-refractivity contribution in [3.05, 3.63) is 53.6 Å². The lowest BCUT2D eigenvalue weighted by Crippen LogP contribution is -2.12. The maximum atomic E-state index is 6.10. The van der Waals surface area contributed by atoms with E-state index < -0.39 is 0 Å². The van der Waals surface area contributed by atoms with Crippen molar-refractivity contribution in [3.63, 3.8) is 0 Å². The monoisotopic (exact) mass is 201 g/mol. The Morgan fingerprint density at radius 1 is 1.27 bits per heavy atom. The maximum Gasteiger partial charge on any atom is 0.0947 e. The highest BCUT2D eigenvalue weighted by molar-refractivity contribution is 5.28. The summed E-state index contributed by atoms with van der Waals surface area (Å²) in [5, 5.41) is 0. The lowest BCUT2D eigenvalue weighted by molar-refractivity contribution is 0.834. The van der Waals surface area contributed by atoms with Gasteiger partial charge in [0.25, 0.3) is 0 Å². The van der Waals surface area contributed by atoms with Crippen molar-refractivity contribution in [1.29, 1.82) is 0 Å². The third-order valence-corrected chi connectivity index (χ3v) is 2.48. The van der Waals surface area contributed by atoms with Crippen molar-refractivity contribution in [2.75, 3.05) is 0 Å². The van der Waals surface area contributed by atoms with Crippen LogP contribution in [-0.2, 0) is 7.05 Å². The van der Waals surface area contributed by atoms with Crippen LogP contribution in [0.1, 0.15) is 22.9 Å². The minimum atomic E-state index is -0.133. The van der Waals surface area contributed by atoms with Gasteiger partial charge in [-0.3, -0.25) is 0 Å². The maximum absolute atomic E-state index is 6.10. The fourth-order valence-electron chi connectivity index (χ4n) is 1.54. The molecule has 0 amide bonds. The Labute approximate surface area is 89.6 Å². The van der Waals surface area contributed by atoms with Gasteiger partial charge in [-0.1, -0.05) is 29.8 Å². The second-order valence-electron chi connectivity index (χ2n) is 3.85. The molecule has 0 saturated carbocycles. The second kappa shape index (κ2) is 3.87. The van der Waals surface area contributed by atoms with Gasteiger partial charge in [-0.2, -0.15) is 0 Å². The van der Waals surface area contributed by atoms with Crippen LogP contribution < -0.4 is 5.73 Å². The molecule has 2 aromatic rings. The summed E-state index contributed by atoms with van der Waals surface area (Å²) in [6, 6.07) is 8.10. The molecule has 3 nitrogen and oxygen atoms in total. The fourth-order valence-corrected chi connectivity index (χ4v) is 1.54. The SMILES string of the molecule is Cc1ccc(C(N)c2cn(C)cn2)cc1. The highest BCUT2D eigenvalue weighted by Crippen LogP contribution is 2.17. The summed E-state index contributed by atoms with van der Waals surface area (Å²) in [5.41, 5.74) is 9.35. The fraction of sp³-hybridized carbons (Fsp3) is 0.250. The molecule has 0 aliphatic carbocycles. The van der Waals surface area contributed by atoms with E-state index >= 15 is 0 Å². The Hall–Kier alpha value is -1.61. The molecule has 0 radical (unpaired) electrons. The zero-order valence-electron chi connectivity index (χ0n) is 9.01. The van der Waals surface area contributed by atoms with E-state index in [1.807, 2.05) is 17.8 Å².